The topological polar surface area (TPSA) is 87.3 Å². The van der Waals surface area contributed by atoms with Gasteiger partial charge in [0.15, 0.2) is 0 Å². The monoisotopic (exact) mass is 311 g/mol. The minimum absolute atomic E-state index is 0.0498. The summed E-state index contributed by atoms with van der Waals surface area (Å²) in [4.78, 5) is 34.2. The van der Waals surface area contributed by atoms with Crippen molar-refractivity contribution in [2.75, 3.05) is 13.1 Å². The minimum atomic E-state index is -0.360. The van der Waals surface area contributed by atoms with E-state index in [1.807, 2.05) is 0 Å². The van der Waals surface area contributed by atoms with Crippen LogP contribution in [0.25, 0.3) is 0 Å². The highest BCUT2D eigenvalue weighted by molar-refractivity contribution is 5.87. The molecule has 0 bridgehead atoms. The first-order valence-corrected chi connectivity index (χ1v) is 8.00. The van der Waals surface area contributed by atoms with Gasteiger partial charge in [0, 0.05) is 13.0 Å². The van der Waals surface area contributed by atoms with Gasteiger partial charge in [0.05, 0.1) is 13.1 Å². The molecular weight excluding hydrogens is 282 g/mol. The maximum absolute atomic E-state index is 12.0. The van der Waals surface area contributed by atoms with Crippen molar-refractivity contribution in [2.24, 2.45) is 11.3 Å². The van der Waals surface area contributed by atoms with Crippen molar-refractivity contribution in [3.05, 3.63) is 0 Å². The molecule has 0 saturated heterocycles. The number of amides is 3. The van der Waals surface area contributed by atoms with Gasteiger partial charge in [-0.2, -0.15) is 0 Å². The van der Waals surface area contributed by atoms with Crippen LogP contribution in [0.5, 0.6) is 0 Å². The second-order valence-corrected chi connectivity index (χ2v) is 7.12. The largest absolute Gasteiger partial charge is 0.352 e. The van der Waals surface area contributed by atoms with Gasteiger partial charge >= 0.3 is 0 Å². The summed E-state index contributed by atoms with van der Waals surface area (Å²) >= 11 is 0. The molecule has 6 nitrogen and oxygen atoms in total. The van der Waals surface area contributed by atoms with E-state index in [1.165, 1.54) is 13.3 Å². The van der Waals surface area contributed by atoms with Crippen LogP contribution in [0.15, 0.2) is 0 Å². The summed E-state index contributed by atoms with van der Waals surface area (Å²) in [6.07, 6.45) is 4.46. The zero-order valence-corrected chi connectivity index (χ0v) is 14.1. The second-order valence-electron chi connectivity index (χ2n) is 7.12. The fraction of sp³-hybridized carbons (Fsp3) is 0.812. The van der Waals surface area contributed by atoms with E-state index < -0.39 is 0 Å². The number of hydrogen-bond donors (Lipinski definition) is 3. The summed E-state index contributed by atoms with van der Waals surface area (Å²) in [5, 5.41) is 7.96. The SMILES string of the molecule is CC(=O)NCC(=O)NCC(=O)N[C@@H]1CCCC[C@H]1C(C)(C)C. The fourth-order valence-electron chi connectivity index (χ4n) is 3.04. The first-order chi connectivity index (χ1) is 10.2. The number of hydrogen-bond acceptors (Lipinski definition) is 3. The Kier molecular flexibility index (Phi) is 6.84. The lowest BCUT2D eigenvalue weighted by molar-refractivity contribution is -0.127. The zero-order chi connectivity index (χ0) is 16.8. The molecule has 1 rings (SSSR count). The van der Waals surface area contributed by atoms with E-state index in [0.717, 1.165) is 19.3 Å². The Hall–Kier alpha value is -1.59. The molecule has 1 fully saturated rings. The molecule has 0 spiro atoms. The van der Waals surface area contributed by atoms with E-state index in [1.54, 1.807) is 0 Å². The van der Waals surface area contributed by atoms with Gasteiger partial charge in [-0.15, -0.1) is 0 Å². The fourth-order valence-corrected chi connectivity index (χ4v) is 3.04. The minimum Gasteiger partial charge on any atom is -0.352 e. The lowest BCUT2D eigenvalue weighted by Crippen LogP contribution is -2.50. The Labute approximate surface area is 132 Å². The molecule has 0 aliphatic heterocycles. The van der Waals surface area contributed by atoms with E-state index >= 15 is 0 Å². The van der Waals surface area contributed by atoms with Gasteiger partial charge in [0.2, 0.25) is 17.7 Å². The van der Waals surface area contributed by atoms with Crippen molar-refractivity contribution >= 4 is 17.7 Å². The molecular formula is C16H29N3O3. The normalized spacial score (nSPS) is 21.8. The van der Waals surface area contributed by atoms with E-state index in [9.17, 15) is 14.4 Å². The molecule has 2 atom stereocenters. The molecule has 1 saturated carbocycles. The van der Waals surface area contributed by atoms with Crippen LogP contribution >= 0.6 is 0 Å². The molecule has 1 aliphatic carbocycles. The Morgan fingerprint density at radius 3 is 2.14 bits per heavy atom. The van der Waals surface area contributed by atoms with Crippen molar-refractivity contribution in [1.29, 1.82) is 0 Å². The Morgan fingerprint density at radius 2 is 1.55 bits per heavy atom. The van der Waals surface area contributed by atoms with Crippen molar-refractivity contribution in [3.63, 3.8) is 0 Å². The Balaban J connectivity index is 2.39. The van der Waals surface area contributed by atoms with Crippen molar-refractivity contribution in [2.45, 2.75) is 59.4 Å². The van der Waals surface area contributed by atoms with Gasteiger partial charge < -0.3 is 16.0 Å². The average molecular weight is 311 g/mol. The summed E-state index contributed by atoms with van der Waals surface area (Å²) in [6.45, 7) is 7.81. The van der Waals surface area contributed by atoms with Crippen LogP contribution in [-0.2, 0) is 14.4 Å². The number of carbonyl (C=O) groups excluding carboxylic acids is 3. The van der Waals surface area contributed by atoms with Gasteiger partial charge in [-0.05, 0) is 24.2 Å². The molecule has 0 radical (unpaired) electrons. The molecule has 126 valence electrons. The maximum atomic E-state index is 12.0. The molecule has 0 aromatic heterocycles. The van der Waals surface area contributed by atoms with Crippen LogP contribution in [-0.4, -0.2) is 36.9 Å². The quantitative estimate of drug-likeness (QED) is 0.707. The second kappa shape index (κ2) is 8.15. The van der Waals surface area contributed by atoms with Gasteiger partial charge in [-0.1, -0.05) is 33.6 Å². The molecule has 6 heteroatoms. The third kappa shape index (κ3) is 6.45. The summed E-state index contributed by atoms with van der Waals surface area (Å²) < 4.78 is 0. The molecule has 0 aromatic carbocycles. The highest BCUT2D eigenvalue weighted by Crippen LogP contribution is 2.37. The average Bonchev–Trinajstić information content (AvgIpc) is 2.42. The third-order valence-electron chi connectivity index (χ3n) is 4.17. The van der Waals surface area contributed by atoms with Gasteiger partial charge in [-0.3, -0.25) is 14.4 Å². The van der Waals surface area contributed by atoms with Gasteiger partial charge in [0.25, 0.3) is 0 Å². The van der Waals surface area contributed by atoms with Crippen LogP contribution in [0.3, 0.4) is 0 Å². The van der Waals surface area contributed by atoms with Crippen molar-refractivity contribution in [1.82, 2.24) is 16.0 Å². The first-order valence-electron chi connectivity index (χ1n) is 8.00. The number of nitrogens with one attached hydrogen (secondary N) is 3. The van der Waals surface area contributed by atoms with Gasteiger partial charge in [-0.25, -0.2) is 0 Å². The van der Waals surface area contributed by atoms with Crippen LogP contribution in [0.1, 0.15) is 53.4 Å². The third-order valence-corrected chi connectivity index (χ3v) is 4.17. The van der Waals surface area contributed by atoms with E-state index in [-0.39, 0.29) is 42.3 Å². The summed E-state index contributed by atoms with van der Waals surface area (Å²) in [5.41, 5.74) is 0.160. The molecule has 0 aromatic rings. The molecule has 3 amide bonds. The number of carbonyl (C=O) groups is 3. The smallest absolute Gasteiger partial charge is 0.239 e. The van der Waals surface area contributed by atoms with Crippen LogP contribution in [0.4, 0.5) is 0 Å². The highest BCUT2D eigenvalue weighted by atomic mass is 16.2. The standard InChI is InChI=1S/C16H29N3O3/c1-11(20)17-9-14(21)18-10-15(22)19-13-8-6-5-7-12(13)16(2,3)4/h12-13H,5-10H2,1-4H3,(H,17,20)(H,18,21)(H,19,22)/t12-,13-/m1/s1. The maximum Gasteiger partial charge on any atom is 0.239 e. The molecule has 0 unspecified atom stereocenters. The van der Waals surface area contributed by atoms with Crippen LogP contribution in [0.2, 0.25) is 0 Å². The van der Waals surface area contributed by atoms with E-state index in [4.69, 9.17) is 0 Å². The Bertz CT molecular complexity index is 415. The van der Waals surface area contributed by atoms with Gasteiger partial charge in [0.1, 0.15) is 0 Å². The lowest BCUT2D eigenvalue weighted by Gasteiger charge is -2.40. The zero-order valence-electron chi connectivity index (χ0n) is 14.1. The van der Waals surface area contributed by atoms with Crippen LogP contribution in [0, 0.1) is 11.3 Å². The van der Waals surface area contributed by atoms with E-state index in [2.05, 4.69) is 36.7 Å². The van der Waals surface area contributed by atoms with E-state index in [0.29, 0.717) is 5.92 Å². The molecule has 3 N–H and O–H groups in total. The first kappa shape index (κ1) is 18.5. The summed E-state index contributed by atoms with van der Waals surface area (Å²) in [6, 6.07) is 0.175. The van der Waals surface area contributed by atoms with Crippen LogP contribution < -0.4 is 16.0 Å². The van der Waals surface area contributed by atoms with Crippen molar-refractivity contribution in [3.8, 4) is 0 Å². The van der Waals surface area contributed by atoms with Crippen molar-refractivity contribution < 1.29 is 14.4 Å². The molecule has 0 heterocycles. The predicted octanol–water partition coefficient (Wildman–Crippen LogP) is 0.960. The Morgan fingerprint density at radius 1 is 0.955 bits per heavy atom. The summed E-state index contributed by atoms with van der Waals surface area (Å²) in [5.74, 6) is -0.339. The highest BCUT2D eigenvalue weighted by Gasteiger charge is 2.34. The lowest BCUT2D eigenvalue weighted by atomic mass is 9.69. The predicted molar refractivity (Wildman–Crippen MR) is 85.0 cm³/mol. The molecule has 1 aliphatic rings. The molecule has 22 heavy (non-hydrogen) atoms. The number of rotatable bonds is 5. The summed E-state index contributed by atoms with van der Waals surface area (Å²) in [7, 11) is 0.